The van der Waals surface area contributed by atoms with Crippen LogP contribution >= 0.6 is 0 Å². The Bertz CT molecular complexity index is 1470. The lowest BCUT2D eigenvalue weighted by atomic mass is 9.93. The average Bonchev–Trinajstić information content (AvgIpc) is 3.46. The number of nitriles is 1. The molecule has 0 aliphatic carbocycles. The smallest absolute Gasteiger partial charge is 0.230 e. The molecule has 0 saturated heterocycles. The van der Waals surface area contributed by atoms with Crippen LogP contribution in [0.3, 0.4) is 0 Å². The van der Waals surface area contributed by atoms with E-state index in [1.165, 1.54) is 0 Å². The van der Waals surface area contributed by atoms with Gasteiger partial charge in [0.15, 0.2) is 17.2 Å². The van der Waals surface area contributed by atoms with Crippen molar-refractivity contribution in [3.05, 3.63) is 59.6 Å². The molecule has 0 aliphatic heterocycles. The van der Waals surface area contributed by atoms with Gasteiger partial charge in [-0.05, 0) is 23.2 Å². The zero-order valence-corrected chi connectivity index (χ0v) is 23.8. The van der Waals surface area contributed by atoms with Crippen molar-refractivity contribution in [2.24, 2.45) is 0 Å². The van der Waals surface area contributed by atoms with Gasteiger partial charge in [0.1, 0.15) is 18.6 Å². The van der Waals surface area contributed by atoms with Crippen molar-refractivity contribution in [3.63, 3.8) is 0 Å². The van der Waals surface area contributed by atoms with Gasteiger partial charge in [-0.3, -0.25) is 4.79 Å². The molecular formula is C28H34N6O3Si. The molecule has 38 heavy (non-hydrogen) atoms. The maximum atomic E-state index is 12.5. The third-order valence-corrected chi connectivity index (χ3v) is 7.78. The first kappa shape index (κ1) is 27.2. The first-order valence-electron chi connectivity index (χ1n) is 12.6. The molecule has 9 nitrogen and oxygen atoms in total. The number of nitrogens with one attached hydrogen (secondary N) is 1. The fraction of sp³-hybridized carbons (Fsp3) is 0.393. The number of ether oxygens (including phenoxy) is 1. The van der Waals surface area contributed by atoms with Crippen molar-refractivity contribution >= 4 is 30.8 Å². The second-order valence-corrected chi connectivity index (χ2v) is 17.3. The van der Waals surface area contributed by atoms with Crippen molar-refractivity contribution in [1.29, 1.82) is 5.26 Å². The van der Waals surface area contributed by atoms with Gasteiger partial charge in [-0.25, -0.2) is 9.67 Å². The number of hydrogen-bond donors (Lipinski definition) is 1. The predicted molar refractivity (Wildman–Crippen MR) is 149 cm³/mol. The summed E-state index contributed by atoms with van der Waals surface area (Å²) in [7, 11) is -1.18. The number of fused-ring (bicyclic) bond motifs is 1. The first-order chi connectivity index (χ1) is 17.9. The number of hydrogen-bond acceptors (Lipinski definition) is 7. The van der Waals surface area contributed by atoms with Crippen LogP contribution in [0.2, 0.25) is 25.7 Å². The number of carbonyl (C=O) groups excluding carboxylic acids is 1. The van der Waals surface area contributed by atoms with Crippen molar-refractivity contribution < 1.29 is 14.1 Å². The molecule has 0 unspecified atom stereocenters. The molecule has 3 heterocycles. The second-order valence-electron chi connectivity index (χ2n) is 11.7. The highest BCUT2D eigenvalue weighted by atomic mass is 28.3. The molecule has 1 amide bonds. The van der Waals surface area contributed by atoms with E-state index >= 15 is 0 Å². The molecule has 198 valence electrons. The van der Waals surface area contributed by atoms with E-state index in [4.69, 9.17) is 9.26 Å². The number of amides is 1. The summed E-state index contributed by atoms with van der Waals surface area (Å²) in [4.78, 5) is 17.1. The lowest BCUT2D eigenvalue weighted by Gasteiger charge is -2.15. The lowest BCUT2D eigenvalue weighted by molar-refractivity contribution is -0.115. The van der Waals surface area contributed by atoms with Gasteiger partial charge < -0.3 is 14.6 Å². The van der Waals surface area contributed by atoms with Crippen LogP contribution in [-0.2, 0) is 28.1 Å². The van der Waals surface area contributed by atoms with Crippen LogP contribution < -0.4 is 5.32 Å². The molecule has 0 aliphatic rings. The topological polar surface area (TPSA) is 119 Å². The van der Waals surface area contributed by atoms with Crippen LogP contribution in [0.5, 0.6) is 0 Å². The highest BCUT2D eigenvalue weighted by molar-refractivity contribution is 6.76. The van der Waals surface area contributed by atoms with Gasteiger partial charge in [0, 0.05) is 37.9 Å². The monoisotopic (exact) mass is 530 g/mol. The third-order valence-electron chi connectivity index (χ3n) is 6.07. The van der Waals surface area contributed by atoms with Crippen molar-refractivity contribution in [3.8, 4) is 17.2 Å². The third kappa shape index (κ3) is 6.73. The van der Waals surface area contributed by atoms with Gasteiger partial charge in [-0.1, -0.05) is 69.8 Å². The number of pyridine rings is 1. The molecule has 0 fully saturated rings. The van der Waals surface area contributed by atoms with Crippen molar-refractivity contribution in [1.82, 2.24) is 19.9 Å². The van der Waals surface area contributed by atoms with E-state index in [2.05, 4.69) is 46.3 Å². The molecule has 10 heteroatoms. The molecule has 0 radical (unpaired) electrons. The summed E-state index contributed by atoms with van der Waals surface area (Å²) < 4.78 is 12.8. The number of aromatic nitrogens is 4. The largest absolute Gasteiger partial charge is 0.359 e. The Balaban J connectivity index is 1.43. The van der Waals surface area contributed by atoms with E-state index in [1.807, 2.05) is 51.1 Å². The zero-order valence-electron chi connectivity index (χ0n) is 22.8. The summed E-state index contributed by atoms with van der Waals surface area (Å²) in [6.07, 6.45) is 1.97. The summed E-state index contributed by atoms with van der Waals surface area (Å²) in [6, 6.07) is 14.6. The van der Waals surface area contributed by atoms with E-state index in [9.17, 15) is 10.1 Å². The minimum atomic E-state index is -1.18. The summed E-state index contributed by atoms with van der Waals surface area (Å²) >= 11 is 0. The maximum Gasteiger partial charge on any atom is 0.230 e. The van der Waals surface area contributed by atoms with Crippen LogP contribution in [-0.4, -0.2) is 40.5 Å². The Morgan fingerprint density at radius 3 is 2.53 bits per heavy atom. The number of carbonyl (C=O) groups is 1. The van der Waals surface area contributed by atoms with E-state index in [0.717, 1.165) is 22.7 Å². The molecule has 0 bridgehead atoms. The molecule has 0 spiro atoms. The van der Waals surface area contributed by atoms with E-state index in [0.29, 0.717) is 34.9 Å². The predicted octanol–water partition coefficient (Wildman–Crippen LogP) is 5.75. The number of anilines is 1. The minimum Gasteiger partial charge on any atom is -0.359 e. The quantitative estimate of drug-likeness (QED) is 0.216. The van der Waals surface area contributed by atoms with Gasteiger partial charge in [0.05, 0.1) is 11.8 Å². The standard InChI is InChI=1S/C28H34N6O3Si/c1-28(2,3)24-15-25(33-37-24)31-26(35)13-19-7-9-20(10-8-19)21-14-22-23(16-29)32-34(27(22)30-17-21)18-36-11-12-38(4,5)6/h7-10,14-15,17H,11-13,18H2,1-6H3,(H,31,33,35). The van der Waals surface area contributed by atoms with Crippen LogP contribution in [0.4, 0.5) is 5.82 Å². The summed E-state index contributed by atoms with van der Waals surface area (Å²) in [5.41, 5.74) is 3.41. The Morgan fingerprint density at radius 2 is 1.89 bits per heavy atom. The van der Waals surface area contributed by atoms with Crippen molar-refractivity contribution in [2.45, 2.75) is 65.0 Å². The Kier molecular flexibility index (Phi) is 7.80. The number of rotatable bonds is 9. The number of nitrogens with zero attached hydrogens (tertiary/aromatic N) is 5. The summed E-state index contributed by atoms with van der Waals surface area (Å²) in [5.74, 6) is 0.946. The van der Waals surface area contributed by atoms with Gasteiger partial charge in [0.25, 0.3) is 0 Å². The lowest BCUT2D eigenvalue weighted by Crippen LogP contribution is -2.22. The van der Waals surface area contributed by atoms with Gasteiger partial charge in [-0.2, -0.15) is 10.4 Å². The summed E-state index contributed by atoms with van der Waals surface area (Å²) in [6.45, 7) is 13.9. The highest BCUT2D eigenvalue weighted by Crippen LogP contribution is 2.26. The Morgan fingerprint density at radius 1 is 1.16 bits per heavy atom. The van der Waals surface area contributed by atoms with Gasteiger partial charge >= 0.3 is 0 Å². The second kappa shape index (κ2) is 10.9. The Hall–Kier alpha value is -3.81. The normalized spacial score (nSPS) is 12.0. The molecule has 4 rings (SSSR count). The highest BCUT2D eigenvalue weighted by Gasteiger charge is 2.20. The SMILES string of the molecule is CC(C)(C)c1cc(NC(=O)Cc2ccc(-c3cnc4c(c3)c(C#N)nn4COCC[Si](C)(C)C)cc2)no1. The fourth-order valence-corrected chi connectivity index (χ4v) is 4.55. The maximum absolute atomic E-state index is 12.5. The fourth-order valence-electron chi connectivity index (χ4n) is 3.79. The summed E-state index contributed by atoms with van der Waals surface area (Å²) in [5, 5.41) is 21.4. The molecule has 1 aromatic carbocycles. The average molecular weight is 531 g/mol. The number of benzene rings is 1. The zero-order chi connectivity index (χ0) is 27.5. The Labute approximate surface area is 223 Å². The molecule has 0 atom stereocenters. The van der Waals surface area contributed by atoms with Crippen LogP contribution in [0, 0.1) is 11.3 Å². The van der Waals surface area contributed by atoms with Crippen LogP contribution in [0.15, 0.2) is 47.1 Å². The molecule has 4 aromatic rings. The van der Waals surface area contributed by atoms with Gasteiger partial charge in [-0.15, -0.1) is 0 Å². The van der Waals surface area contributed by atoms with E-state index in [1.54, 1.807) is 16.9 Å². The van der Waals surface area contributed by atoms with E-state index in [-0.39, 0.29) is 24.5 Å². The molecule has 0 saturated carbocycles. The van der Waals surface area contributed by atoms with Crippen LogP contribution in [0.25, 0.3) is 22.2 Å². The van der Waals surface area contributed by atoms with Crippen LogP contribution in [0.1, 0.15) is 37.8 Å². The van der Waals surface area contributed by atoms with E-state index < -0.39 is 8.07 Å². The first-order valence-corrected chi connectivity index (χ1v) is 16.3. The van der Waals surface area contributed by atoms with Gasteiger partial charge in [0.2, 0.25) is 5.91 Å². The molecule has 3 aromatic heterocycles. The minimum absolute atomic E-state index is 0.173. The molecular weight excluding hydrogens is 496 g/mol. The molecule has 1 N–H and O–H groups in total. The van der Waals surface area contributed by atoms with Crippen molar-refractivity contribution in [2.75, 3.05) is 11.9 Å².